The van der Waals surface area contributed by atoms with Crippen LogP contribution in [0.2, 0.25) is 5.15 Å². The standard InChI is InChI=1S/C11H9BrClN3O/c1-6-7(2)16-11(10(13)15-6)17-9-3-8(12)4-14-5-9/h3-5H,1-2H3. The van der Waals surface area contributed by atoms with Crippen molar-refractivity contribution in [2.75, 3.05) is 0 Å². The maximum Gasteiger partial charge on any atom is 0.257 e. The third-order valence-corrected chi connectivity index (χ3v) is 2.81. The molecule has 0 bridgehead atoms. The molecule has 0 aliphatic heterocycles. The fourth-order valence-electron chi connectivity index (χ4n) is 1.18. The summed E-state index contributed by atoms with van der Waals surface area (Å²) in [7, 11) is 0. The Morgan fingerprint density at radius 1 is 1.18 bits per heavy atom. The number of hydrogen-bond acceptors (Lipinski definition) is 4. The smallest absolute Gasteiger partial charge is 0.257 e. The highest BCUT2D eigenvalue weighted by Gasteiger charge is 2.09. The van der Waals surface area contributed by atoms with Gasteiger partial charge in [0.05, 0.1) is 17.6 Å². The van der Waals surface area contributed by atoms with Crippen molar-refractivity contribution in [1.29, 1.82) is 0 Å². The molecular formula is C11H9BrClN3O. The molecule has 4 nitrogen and oxygen atoms in total. The van der Waals surface area contributed by atoms with Gasteiger partial charge in [-0.05, 0) is 35.8 Å². The highest BCUT2D eigenvalue weighted by atomic mass is 79.9. The normalized spacial score (nSPS) is 10.4. The number of ether oxygens (including phenoxy) is 1. The number of aryl methyl sites for hydroxylation is 2. The summed E-state index contributed by atoms with van der Waals surface area (Å²) in [5.74, 6) is 0.841. The van der Waals surface area contributed by atoms with E-state index in [1.165, 1.54) is 0 Å². The van der Waals surface area contributed by atoms with E-state index in [4.69, 9.17) is 16.3 Å². The Morgan fingerprint density at radius 2 is 1.88 bits per heavy atom. The van der Waals surface area contributed by atoms with Crippen LogP contribution in [0.15, 0.2) is 22.9 Å². The SMILES string of the molecule is Cc1nc(Cl)c(Oc2cncc(Br)c2)nc1C. The van der Waals surface area contributed by atoms with Crippen molar-refractivity contribution in [2.24, 2.45) is 0 Å². The van der Waals surface area contributed by atoms with Crippen molar-refractivity contribution in [1.82, 2.24) is 15.0 Å². The largest absolute Gasteiger partial charge is 0.435 e. The van der Waals surface area contributed by atoms with Gasteiger partial charge in [0.15, 0.2) is 5.15 Å². The first-order valence-corrected chi connectivity index (χ1v) is 6.02. The molecule has 2 aromatic rings. The van der Waals surface area contributed by atoms with E-state index in [2.05, 4.69) is 30.9 Å². The van der Waals surface area contributed by atoms with Gasteiger partial charge in [0.1, 0.15) is 5.75 Å². The summed E-state index contributed by atoms with van der Waals surface area (Å²) in [4.78, 5) is 12.4. The molecule has 17 heavy (non-hydrogen) atoms. The molecule has 0 spiro atoms. The van der Waals surface area contributed by atoms with E-state index in [9.17, 15) is 0 Å². The molecule has 0 N–H and O–H groups in total. The van der Waals surface area contributed by atoms with Crippen LogP contribution < -0.4 is 4.74 Å². The summed E-state index contributed by atoms with van der Waals surface area (Å²) in [5, 5.41) is 0.244. The third kappa shape index (κ3) is 2.92. The lowest BCUT2D eigenvalue weighted by Gasteiger charge is -2.07. The maximum absolute atomic E-state index is 5.96. The van der Waals surface area contributed by atoms with Gasteiger partial charge in [-0.2, -0.15) is 0 Å². The molecule has 6 heteroatoms. The first-order chi connectivity index (χ1) is 8.06. The number of aromatic nitrogens is 3. The number of pyridine rings is 1. The summed E-state index contributed by atoms with van der Waals surface area (Å²) in [5.41, 5.74) is 1.57. The van der Waals surface area contributed by atoms with Crippen LogP contribution in [0.4, 0.5) is 0 Å². The van der Waals surface area contributed by atoms with Gasteiger partial charge >= 0.3 is 0 Å². The lowest BCUT2D eigenvalue weighted by atomic mass is 10.3. The fraction of sp³-hybridized carbons (Fsp3) is 0.182. The summed E-state index contributed by atoms with van der Waals surface area (Å²) < 4.78 is 6.35. The summed E-state index contributed by atoms with van der Waals surface area (Å²) in [6, 6.07) is 1.78. The van der Waals surface area contributed by atoms with Crippen LogP contribution in [-0.2, 0) is 0 Å². The quantitative estimate of drug-likeness (QED) is 0.848. The first-order valence-electron chi connectivity index (χ1n) is 4.85. The molecule has 0 saturated carbocycles. The average molecular weight is 315 g/mol. The number of hydrogen-bond donors (Lipinski definition) is 0. The minimum absolute atomic E-state index is 0.244. The summed E-state index contributed by atoms with van der Waals surface area (Å²) in [6.07, 6.45) is 3.25. The number of rotatable bonds is 2. The molecule has 88 valence electrons. The molecule has 0 saturated heterocycles. The predicted molar refractivity (Wildman–Crippen MR) is 68.5 cm³/mol. The number of halogens is 2. The zero-order valence-electron chi connectivity index (χ0n) is 9.24. The van der Waals surface area contributed by atoms with E-state index >= 15 is 0 Å². The Bertz CT molecular complexity index is 562. The van der Waals surface area contributed by atoms with Crippen molar-refractivity contribution in [3.05, 3.63) is 39.5 Å². The predicted octanol–water partition coefficient (Wildman–Crippen LogP) is 3.70. The Balaban J connectivity index is 2.33. The van der Waals surface area contributed by atoms with Crippen molar-refractivity contribution in [3.8, 4) is 11.6 Å². The molecule has 2 rings (SSSR count). The topological polar surface area (TPSA) is 47.9 Å². The van der Waals surface area contributed by atoms with Crippen LogP contribution in [0.3, 0.4) is 0 Å². The molecule has 0 aliphatic carbocycles. The first kappa shape index (κ1) is 12.3. The van der Waals surface area contributed by atoms with E-state index in [1.54, 1.807) is 18.5 Å². The molecule has 0 aliphatic rings. The Kier molecular flexibility index (Phi) is 3.59. The Hall–Kier alpha value is -1.20. The zero-order valence-corrected chi connectivity index (χ0v) is 11.6. The third-order valence-electron chi connectivity index (χ3n) is 2.13. The van der Waals surface area contributed by atoms with Gasteiger partial charge in [-0.15, -0.1) is 0 Å². The van der Waals surface area contributed by atoms with Crippen molar-refractivity contribution in [2.45, 2.75) is 13.8 Å². The van der Waals surface area contributed by atoms with Crippen LogP contribution in [0, 0.1) is 13.8 Å². The Morgan fingerprint density at radius 3 is 2.59 bits per heavy atom. The average Bonchev–Trinajstić information content (AvgIpc) is 2.26. The highest BCUT2D eigenvalue weighted by molar-refractivity contribution is 9.10. The van der Waals surface area contributed by atoms with Gasteiger partial charge in [0.25, 0.3) is 5.88 Å². The minimum atomic E-state index is 0.244. The van der Waals surface area contributed by atoms with Gasteiger partial charge < -0.3 is 4.74 Å². The molecule has 0 fully saturated rings. The maximum atomic E-state index is 5.96. The minimum Gasteiger partial charge on any atom is -0.435 e. The fourth-order valence-corrected chi connectivity index (χ4v) is 1.73. The van der Waals surface area contributed by atoms with Gasteiger partial charge in [-0.1, -0.05) is 11.6 Å². The van der Waals surface area contributed by atoms with Gasteiger partial charge in [0, 0.05) is 10.7 Å². The van der Waals surface area contributed by atoms with E-state index in [-0.39, 0.29) is 11.0 Å². The van der Waals surface area contributed by atoms with Crippen molar-refractivity contribution < 1.29 is 4.74 Å². The zero-order chi connectivity index (χ0) is 12.4. The van der Waals surface area contributed by atoms with Crippen LogP contribution >= 0.6 is 27.5 Å². The molecule has 2 heterocycles. The molecule has 0 unspecified atom stereocenters. The molecular weight excluding hydrogens is 305 g/mol. The van der Waals surface area contributed by atoms with E-state index < -0.39 is 0 Å². The van der Waals surface area contributed by atoms with Gasteiger partial charge in [0.2, 0.25) is 0 Å². The second kappa shape index (κ2) is 4.98. The lowest BCUT2D eigenvalue weighted by Crippen LogP contribution is -1.97. The molecule has 0 amide bonds. The molecule has 0 atom stereocenters. The van der Waals surface area contributed by atoms with Crippen LogP contribution in [0.5, 0.6) is 11.6 Å². The molecule has 2 aromatic heterocycles. The van der Waals surface area contributed by atoms with Crippen LogP contribution in [-0.4, -0.2) is 15.0 Å². The lowest BCUT2D eigenvalue weighted by molar-refractivity contribution is 0.456. The molecule has 0 aromatic carbocycles. The van der Waals surface area contributed by atoms with Gasteiger partial charge in [-0.25, -0.2) is 9.97 Å². The van der Waals surface area contributed by atoms with Crippen LogP contribution in [0.1, 0.15) is 11.4 Å². The second-order valence-corrected chi connectivity index (χ2v) is 4.71. The number of nitrogens with zero attached hydrogens (tertiary/aromatic N) is 3. The monoisotopic (exact) mass is 313 g/mol. The van der Waals surface area contributed by atoms with Gasteiger partial charge in [-0.3, -0.25) is 4.98 Å². The van der Waals surface area contributed by atoms with Crippen LogP contribution in [0.25, 0.3) is 0 Å². The van der Waals surface area contributed by atoms with Crippen molar-refractivity contribution in [3.63, 3.8) is 0 Å². The van der Waals surface area contributed by atoms with Crippen molar-refractivity contribution >= 4 is 27.5 Å². The molecule has 0 radical (unpaired) electrons. The summed E-state index contributed by atoms with van der Waals surface area (Å²) in [6.45, 7) is 3.70. The Labute approximate surface area is 112 Å². The highest BCUT2D eigenvalue weighted by Crippen LogP contribution is 2.27. The van der Waals surface area contributed by atoms with E-state index in [0.717, 1.165) is 15.9 Å². The van der Waals surface area contributed by atoms with E-state index in [1.807, 2.05) is 13.8 Å². The second-order valence-electron chi connectivity index (χ2n) is 3.43. The van der Waals surface area contributed by atoms with E-state index in [0.29, 0.717) is 5.75 Å². The summed E-state index contributed by atoms with van der Waals surface area (Å²) >= 11 is 9.27.